The molecule has 5 heteroatoms. The molecular weight excluding hydrogens is 256 g/mol. The molecule has 0 spiro atoms. The third kappa shape index (κ3) is 5.65. The number of aromatic nitrogens is 1. The van der Waals surface area contributed by atoms with Crippen molar-refractivity contribution in [3.63, 3.8) is 0 Å². The van der Waals surface area contributed by atoms with Crippen LogP contribution < -0.4 is 0 Å². The molecule has 0 aliphatic rings. The summed E-state index contributed by atoms with van der Waals surface area (Å²) in [6.45, 7) is 4.27. The van der Waals surface area contributed by atoms with Gasteiger partial charge in [-0.15, -0.1) is 0 Å². The highest BCUT2D eigenvalue weighted by atomic mass is 16.4. The molecule has 5 nitrogen and oxygen atoms in total. The molecule has 0 bridgehead atoms. The molecule has 0 unspecified atom stereocenters. The van der Waals surface area contributed by atoms with Crippen LogP contribution in [0.5, 0.6) is 0 Å². The van der Waals surface area contributed by atoms with E-state index in [0.717, 1.165) is 5.56 Å². The number of pyridine rings is 1. The van der Waals surface area contributed by atoms with Gasteiger partial charge in [-0.25, -0.2) is 0 Å². The van der Waals surface area contributed by atoms with Gasteiger partial charge in [-0.3, -0.25) is 14.6 Å². The van der Waals surface area contributed by atoms with Crippen LogP contribution in [0.15, 0.2) is 30.6 Å². The predicted molar refractivity (Wildman–Crippen MR) is 77.0 cm³/mol. The van der Waals surface area contributed by atoms with Crippen molar-refractivity contribution >= 4 is 18.0 Å². The lowest BCUT2D eigenvalue weighted by molar-refractivity contribution is -0.138. The van der Waals surface area contributed by atoms with E-state index in [0.29, 0.717) is 13.0 Å². The van der Waals surface area contributed by atoms with E-state index >= 15 is 0 Å². The number of carboxylic acid groups (broad SMARTS) is 1. The van der Waals surface area contributed by atoms with E-state index in [4.69, 9.17) is 5.11 Å². The van der Waals surface area contributed by atoms with E-state index < -0.39 is 5.97 Å². The fourth-order valence-corrected chi connectivity index (χ4v) is 1.76. The van der Waals surface area contributed by atoms with Crippen molar-refractivity contribution < 1.29 is 14.7 Å². The van der Waals surface area contributed by atoms with Gasteiger partial charge < -0.3 is 10.0 Å². The molecule has 0 saturated carbocycles. The number of aliphatic carboxylic acids is 1. The average molecular weight is 276 g/mol. The molecule has 108 valence electrons. The second-order valence-electron chi connectivity index (χ2n) is 4.74. The Morgan fingerprint density at radius 3 is 2.75 bits per heavy atom. The highest BCUT2D eigenvalue weighted by Crippen LogP contribution is 2.06. The topological polar surface area (TPSA) is 70.5 Å². The minimum atomic E-state index is -0.841. The maximum absolute atomic E-state index is 12.1. The fraction of sp³-hybridized carbons (Fsp3) is 0.400. The van der Waals surface area contributed by atoms with Gasteiger partial charge in [0.25, 0.3) is 0 Å². The van der Waals surface area contributed by atoms with Gasteiger partial charge in [0.2, 0.25) is 5.91 Å². The van der Waals surface area contributed by atoms with E-state index in [1.807, 2.05) is 19.9 Å². The van der Waals surface area contributed by atoms with Gasteiger partial charge in [0.05, 0.1) is 0 Å². The van der Waals surface area contributed by atoms with E-state index in [1.54, 1.807) is 29.4 Å². The highest BCUT2D eigenvalue weighted by Gasteiger charge is 2.14. The van der Waals surface area contributed by atoms with Gasteiger partial charge in [-0.1, -0.05) is 6.07 Å². The minimum absolute atomic E-state index is 0.0369. The van der Waals surface area contributed by atoms with Crippen LogP contribution in [0.4, 0.5) is 0 Å². The summed E-state index contributed by atoms with van der Waals surface area (Å²) in [4.78, 5) is 28.2. The summed E-state index contributed by atoms with van der Waals surface area (Å²) in [5, 5.41) is 8.63. The third-order valence-corrected chi connectivity index (χ3v) is 2.80. The number of carbonyl (C=O) groups is 2. The molecule has 1 N–H and O–H groups in total. The van der Waals surface area contributed by atoms with E-state index in [9.17, 15) is 9.59 Å². The van der Waals surface area contributed by atoms with Crippen molar-refractivity contribution in [2.24, 2.45) is 0 Å². The maximum Gasteiger partial charge on any atom is 0.303 e. The Morgan fingerprint density at radius 1 is 1.45 bits per heavy atom. The predicted octanol–water partition coefficient (Wildman–Crippen LogP) is 2.20. The third-order valence-electron chi connectivity index (χ3n) is 2.80. The van der Waals surface area contributed by atoms with E-state index in [2.05, 4.69) is 4.98 Å². The Morgan fingerprint density at radius 2 is 2.20 bits per heavy atom. The molecule has 1 aromatic heterocycles. The molecular formula is C15H20N2O3. The second-order valence-corrected chi connectivity index (χ2v) is 4.74. The molecule has 1 amide bonds. The minimum Gasteiger partial charge on any atom is -0.481 e. The number of carbonyl (C=O) groups excluding carboxylic acids is 1. The van der Waals surface area contributed by atoms with Crippen LogP contribution in [0.3, 0.4) is 0 Å². The molecule has 0 aliphatic carbocycles. The van der Waals surface area contributed by atoms with Crippen LogP contribution >= 0.6 is 0 Å². The molecule has 1 aromatic rings. The SMILES string of the molecule is CC(C)N(CCCC(=O)O)C(=O)/C=C/c1cccnc1. The summed E-state index contributed by atoms with van der Waals surface area (Å²) < 4.78 is 0. The molecule has 0 atom stereocenters. The maximum atomic E-state index is 12.1. The van der Waals surface area contributed by atoms with Gasteiger partial charge >= 0.3 is 5.97 Å². The number of amides is 1. The van der Waals surface area contributed by atoms with Crippen LogP contribution in [0.1, 0.15) is 32.3 Å². The lowest BCUT2D eigenvalue weighted by Crippen LogP contribution is -2.36. The van der Waals surface area contributed by atoms with Gasteiger partial charge in [0.1, 0.15) is 0 Å². The lowest BCUT2D eigenvalue weighted by atomic mass is 10.2. The average Bonchev–Trinajstić information content (AvgIpc) is 2.41. The van der Waals surface area contributed by atoms with Crippen molar-refractivity contribution in [2.75, 3.05) is 6.54 Å². The normalized spacial score (nSPS) is 10.9. The Labute approximate surface area is 118 Å². The number of carboxylic acids is 1. The van der Waals surface area contributed by atoms with Crippen molar-refractivity contribution in [3.05, 3.63) is 36.2 Å². The Kier molecular flexibility index (Phi) is 6.43. The largest absolute Gasteiger partial charge is 0.481 e. The van der Waals surface area contributed by atoms with Crippen molar-refractivity contribution in [2.45, 2.75) is 32.7 Å². The van der Waals surface area contributed by atoms with Crippen molar-refractivity contribution in [3.8, 4) is 0 Å². The van der Waals surface area contributed by atoms with Crippen LogP contribution in [0.25, 0.3) is 6.08 Å². The first-order valence-electron chi connectivity index (χ1n) is 6.61. The van der Waals surface area contributed by atoms with E-state index in [1.165, 1.54) is 6.08 Å². The second kappa shape index (κ2) is 8.09. The number of hydrogen-bond acceptors (Lipinski definition) is 3. The van der Waals surface area contributed by atoms with Gasteiger partial charge in [0.15, 0.2) is 0 Å². The number of nitrogens with zero attached hydrogens (tertiary/aromatic N) is 2. The van der Waals surface area contributed by atoms with Gasteiger partial charge in [-0.05, 0) is 38.0 Å². The molecule has 1 heterocycles. The first-order chi connectivity index (χ1) is 9.50. The number of hydrogen-bond donors (Lipinski definition) is 1. The molecule has 20 heavy (non-hydrogen) atoms. The highest BCUT2D eigenvalue weighted by molar-refractivity contribution is 5.91. The van der Waals surface area contributed by atoms with Gasteiger partial charge in [-0.2, -0.15) is 0 Å². The zero-order valence-corrected chi connectivity index (χ0v) is 11.8. The Hall–Kier alpha value is -2.17. The molecule has 0 aliphatic heterocycles. The smallest absolute Gasteiger partial charge is 0.303 e. The van der Waals surface area contributed by atoms with E-state index in [-0.39, 0.29) is 18.4 Å². The number of rotatable bonds is 7. The molecule has 0 saturated heterocycles. The molecule has 0 fully saturated rings. The van der Waals surface area contributed by atoms with Crippen LogP contribution in [-0.4, -0.2) is 39.5 Å². The summed E-state index contributed by atoms with van der Waals surface area (Å²) in [5.74, 6) is -0.957. The Bertz CT molecular complexity index is 469. The van der Waals surface area contributed by atoms with Crippen molar-refractivity contribution in [1.82, 2.24) is 9.88 Å². The quantitative estimate of drug-likeness (QED) is 0.775. The van der Waals surface area contributed by atoms with Crippen molar-refractivity contribution in [1.29, 1.82) is 0 Å². The molecule has 0 radical (unpaired) electrons. The summed E-state index contributed by atoms with van der Waals surface area (Å²) in [6.07, 6.45) is 7.09. The fourth-order valence-electron chi connectivity index (χ4n) is 1.76. The zero-order valence-electron chi connectivity index (χ0n) is 11.8. The summed E-state index contributed by atoms with van der Waals surface area (Å²) in [5.41, 5.74) is 0.857. The lowest BCUT2D eigenvalue weighted by Gasteiger charge is -2.25. The van der Waals surface area contributed by atoms with Crippen LogP contribution in [0.2, 0.25) is 0 Å². The van der Waals surface area contributed by atoms with Gasteiger partial charge in [0, 0.05) is 37.5 Å². The van der Waals surface area contributed by atoms with Crippen LogP contribution in [0, 0.1) is 0 Å². The first kappa shape index (κ1) is 15.9. The molecule has 1 rings (SSSR count). The summed E-state index contributed by atoms with van der Waals surface area (Å²) in [6, 6.07) is 3.70. The first-order valence-corrected chi connectivity index (χ1v) is 6.61. The monoisotopic (exact) mass is 276 g/mol. The Balaban J connectivity index is 2.60. The van der Waals surface area contributed by atoms with Crippen LogP contribution in [-0.2, 0) is 9.59 Å². The standard InChI is InChI=1S/C15H20N2O3/c1-12(2)17(10-4-6-15(19)20)14(18)8-7-13-5-3-9-16-11-13/h3,5,7-9,11-12H,4,6,10H2,1-2H3,(H,19,20)/b8-7+. The zero-order chi connectivity index (χ0) is 15.0. The molecule has 0 aromatic carbocycles. The summed E-state index contributed by atoms with van der Waals surface area (Å²) >= 11 is 0. The summed E-state index contributed by atoms with van der Waals surface area (Å²) in [7, 11) is 0.